The van der Waals surface area contributed by atoms with Crippen molar-refractivity contribution >= 4 is 63.5 Å². The number of aliphatic carboxylic acids is 1. The number of carbonyl (C=O) groups excluding carboxylic acids is 2. The minimum Gasteiger partial charge on any atom is -0.481 e. The first-order valence-electron chi connectivity index (χ1n) is 11.0. The van der Waals surface area contributed by atoms with Gasteiger partial charge >= 0.3 is 5.97 Å². The molecule has 2 amide bonds. The van der Waals surface area contributed by atoms with Crippen LogP contribution in [0.4, 0.5) is 8.78 Å². The molecule has 2 fully saturated rings. The summed E-state index contributed by atoms with van der Waals surface area (Å²) in [6.07, 6.45) is 3.41. The van der Waals surface area contributed by atoms with Crippen LogP contribution in [-0.4, -0.2) is 56.6 Å². The highest BCUT2D eigenvalue weighted by molar-refractivity contribution is 8.26. The first kappa shape index (κ1) is 25.5. The molecule has 6 nitrogen and oxygen atoms in total. The number of hydrogen-bond acceptors (Lipinski definition) is 6. The molecule has 1 atom stereocenters. The van der Waals surface area contributed by atoms with Gasteiger partial charge in [-0.05, 0) is 59.5 Å². The van der Waals surface area contributed by atoms with Crippen LogP contribution in [0.15, 0.2) is 34.6 Å². The maximum Gasteiger partial charge on any atom is 0.303 e. The van der Waals surface area contributed by atoms with E-state index in [0.29, 0.717) is 33.4 Å². The second-order valence-corrected chi connectivity index (χ2v) is 11.0. The van der Waals surface area contributed by atoms with Crippen LogP contribution >= 0.6 is 35.3 Å². The predicted molar refractivity (Wildman–Crippen MR) is 136 cm³/mol. The number of rotatable bonds is 7. The van der Waals surface area contributed by atoms with Gasteiger partial charge in [-0.25, -0.2) is 8.78 Å². The molecule has 1 aromatic carbocycles. The van der Waals surface area contributed by atoms with Gasteiger partial charge in [0.15, 0.2) is 11.6 Å². The largest absolute Gasteiger partial charge is 0.481 e. The number of carboxylic acids is 1. The van der Waals surface area contributed by atoms with Crippen LogP contribution in [0.5, 0.6) is 0 Å². The average Bonchev–Trinajstić information content (AvgIpc) is 3.38. The number of carboxylic acid groups (broad SMARTS) is 1. The molecule has 184 valence electrons. The van der Waals surface area contributed by atoms with E-state index in [1.807, 2.05) is 0 Å². The van der Waals surface area contributed by atoms with Crippen LogP contribution in [0, 0.1) is 17.6 Å². The molecule has 0 unspecified atom stereocenters. The molecule has 11 heteroatoms. The van der Waals surface area contributed by atoms with Crippen molar-refractivity contribution in [2.24, 2.45) is 5.92 Å². The second-order valence-electron chi connectivity index (χ2n) is 8.40. The molecule has 2 aromatic rings. The fourth-order valence-electron chi connectivity index (χ4n) is 4.15. The summed E-state index contributed by atoms with van der Waals surface area (Å²) in [6.45, 7) is 1.17. The van der Waals surface area contributed by atoms with E-state index in [-0.39, 0.29) is 37.1 Å². The number of thiocarbonyl (C=S) groups is 1. The summed E-state index contributed by atoms with van der Waals surface area (Å²) < 4.78 is 27.1. The van der Waals surface area contributed by atoms with Gasteiger partial charge in [0.1, 0.15) is 4.32 Å². The van der Waals surface area contributed by atoms with E-state index >= 15 is 0 Å². The topological polar surface area (TPSA) is 77.9 Å². The Kier molecular flexibility index (Phi) is 7.98. The van der Waals surface area contributed by atoms with Crippen molar-refractivity contribution in [2.45, 2.75) is 25.7 Å². The highest BCUT2D eigenvalue weighted by Gasteiger charge is 2.33. The summed E-state index contributed by atoms with van der Waals surface area (Å²) in [5.74, 6) is -3.15. The molecule has 2 aliphatic rings. The monoisotopic (exact) mass is 536 g/mol. The predicted octanol–water partition coefficient (Wildman–Crippen LogP) is 5.00. The number of amides is 2. The lowest BCUT2D eigenvalue weighted by molar-refractivity contribution is -0.141. The zero-order valence-electron chi connectivity index (χ0n) is 18.5. The van der Waals surface area contributed by atoms with Crippen molar-refractivity contribution in [1.82, 2.24) is 9.80 Å². The third-order valence-corrected chi connectivity index (χ3v) is 8.16. The number of piperidine rings is 1. The molecule has 0 aliphatic carbocycles. The van der Waals surface area contributed by atoms with Gasteiger partial charge in [-0.15, -0.1) is 11.3 Å². The fraction of sp³-hybridized carbons (Fsp3) is 0.333. The van der Waals surface area contributed by atoms with Crippen LogP contribution in [-0.2, 0) is 14.4 Å². The van der Waals surface area contributed by atoms with E-state index in [9.17, 15) is 23.2 Å². The molecule has 35 heavy (non-hydrogen) atoms. The standard InChI is InChI=1S/C24H22F2N2O4S3/c25-18-4-3-15(10-19(18)26)16-9-17(34-13-16)11-20-23(32)28(24(33)35-20)7-5-21(29)27-6-1-2-14(12-27)8-22(30)31/h3-4,9-11,13-14H,1-2,5-8,12H2,(H,30,31)/t14-/m0/s1. The number of hydrogen-bond donors (Lipinski definition) is 1. The van der Waals surface area contributed by atoms with E-state index in [2.05, 4.69) is 0 Å². The number of likely N-dealkylation sites (tertiary alicyclic amines) is 1. The molecular weight excluding hydrogens is 514 g/mol. The number of benzene rings is 1. The van der Waals surface area contributed by atoms with Crippen LogP contribution in [0.1, 0.15) is 30.6 Å². The van der Waals surface area contributed by atoms with Gasteiger partial charge in [0.2, 0.25) is 5.91 Å². The summed E-state index contributed by atoms with van der Waals surface area (Å²) in [7, 11) is 0. The van der Waals surface area contributed by atoms with E-state index < -0.39 is 17.6 Å². The van der Waals surface area contributed by atoms with Crippen LogP contribution in [0.3, 0.4) is 0 Å². The number of thiophene rings is 1. The number of thioether (sulfide) groups is 1. The Hall–Kier alpha value is -2.63. The highest BCUT2D eigenvalue weighted by Crippen LogP contribution is 2.35. The number of carbonyl (C=O) groups is 3. The van der Waals surface area contributed by atoms with Crippen LogP contribution in [0.2, 0.25) is 0 Å². The van der Waals surface area contributed by atoms with Gasteiger partial charge in [0.05, 0.1) is 4.91 Å². The maximum absolute atomic E-state index is 13.6. The Balaban J connectivity index is 1.37. The molecule has 4 rings (SSSR count). The summed E-state index contributed by atoms with van der Waals surface area (Å²) in [5, 5.41) is 10.8. The third-order valence-electron chi connectivity index (χ3n) is 5.90. The zero-order valence-corrected chi connectivity index (χ0v) is 21.0. The van der Waals surface area contributed by atoms with Gasteiger partial charge in [-0.1, -0.05) is 30.0 Å². The first-order chi connectivity index (χ1) is 16.7. The van der Waals surface area contributed by atoms with Gasteiger partial charge in [-0.2, -0.15) is 0 Å². The van der Waals surface area contributed by atoms with Gasteiger partial charge < -0.3 is 10.0 Å². The third kappa shape index (κ3) is 6.14. The van der Waals surface area contributed by atoms with Crippen molar-refractivity contribution in [3.8, 4) is 11.1 Å². The minimum atomic E-state index is -0.923. The number of nitrogens with zero attached hydrogens (tertiary/aromatic N) is 2. The molecular formula is C24H22F2N2O4S3. The van der Waals surface area contributed by atoms with E-state index in [1.165, 1.54) is 22.3 Å². The lowest BCUT2D eigenvalue weighted by Gasteiger charge is -2.32. The number of halogens is 2. The van der Waals surface area contributed by atoms with Gasteiger partial charge in [-0.3, -0.25) is 19.3 Å². The van der Waals surface area contributed by atoms with Gasteiger partial charge in [0.25, 0.3) is 5.91 Å². The summed E-state index contributed by atoms with van der Waals surface area (Å²) in [6, 6.07) is 5.48. The summed E-state index contributed by atoms with van der Waals surface area (Å²) in [4.78, 5) is 40.9. The lowest BCUT2D eigenvalue weighted by Crippen LogP contribution is -2.42. The smallest absolute Gasteiger partial charge is 0.303 e. The van der Waals surface area contributed by atoms with Crippen molar-refractivity contribution in [3.05, 3.63) is 51.1 Å². The molecule has 0 saturated carbocycles. The Morgan fingerprint density at radius 2 is 2.00 bits per heavy atom. The SMILES string of the molecule is O=C(O)C[C@@H]1CCCN(C(=O)CCN2C(=O)C(=Cc3cc(-c4ccc(F)c(F)c4)cs3)SC2=S)C1. The normalized spacial score (nSPS) is 19.6. The van der Waals surface area contributed by atoms with Crippen molar-refractivity contribution in [2.75, 3.05) is 19.6 Å². The molecule has 3 heterocycles. The Morgan fingerprint density at radius 3 is 2.74 bits per heavy atom. The molecule has 1 N–H and O–H groups in total. The lowest BCUT2D eigenvalue weighted by atomic mass is 9.94. The molecule has 2 saturated heterocycles. The Morgan fingerprint density at radius 1 is 1.20 bits per heavy atom. The Bertz CT molecular complexity index is 1210. The first-order valence-corrected chi connectivity index (χ1v) is 13.1. The van der Waals surface area contributed by atoms with E-state index in [1.54, 1.807) is 22.4 Å². The fourth-order valence-corrected chi connectivity index (χ4v) is 6.37. The van der Waals surface area contributed by atoms with Crippen LogP contribution in [0.25, 0.3) is 17.2 Å². The van der Waals surface area contributed by atoms with E-state index in [0.717, 1.165) is 41.6 Å². The molecule has 2 aliphatic heterocycles. The molecule has 0 spiro atoms. The molecule has 0 bridgehead atoms. The highest BCUT2D eigenvalue weighted by atomic mass is 32.2. The minimum absolute atomic E-state index is 0.0454. The molecule has 1 aromatic heterocycles. The van der Waals surface area contributed by atoms with Crippen molar-refractivity contribution in [3.63, 3.8) is 0 Å². The quantitative estimate of drug-likeness (QED) is 0.397. The molecule has 0 radical (unpaired) electrons. The maximum atomic E-state index is 13.6. The van der Waals surface area contributed by atoms with Crippen LogP contribution < -0.4 is 0 Å². The van der Waals surface area contributed by atoms with Gasteiger partial charge in [0, 0.05) is 37.4 Å². The second kappa shape index (κ2) is 11.0. The Labute approximate surface area is 214 Å². The summed E-state index contributed by atoms with van der Waals surface area (Å²) in [5.41, 5.74) is 1.25. The average molecular weight is 537 g/mol. The van der Waals surface area contributed by atoms with Crippen molar-refractivity contribution < 1.29 is 28.3 Å². The zero-order chi connectivity index (χ0) is 25.1. The van der Waals surface area contributed by atoms with Crippen molar-refractivity contribution in [1.29, 1.82) is 0 Å². The summed E-state index contributed by atoms with van der Waals surface area (Å²) >= 11 is 7.88. The van der Waals surface area contributed by atoms with E-state index in [4.69, 9.17) is 17.3 Å².